The van der Waals surface area contributed by atoms with Gasteiger partial charge in [0.25, 0.3) is 0 Å². The van der Waals surface area contributed by atoms with Gasteiger partial charge in [-0.15, -0.1) is 11.3 Å². The number of nitrogens with one attached hydrogen (secondary N) is 1. The third kappa shape index (κ3) is 4.18. The van der Waals surface area contributed by atoms with Gasteiger partial charge in [0.15, 0.2) is 5.78 Å². The Morgan fingerprint density at radius 2 is 1.93 bits per heavy atom. The van der Waals surface area contributed by atoms with Crippen LogP contribution in [0.25, 0.3) is 11.3 Å². The van der Waals surface area contributed by atoms with Crippen LogP contribution < -0.4 is 0 Å². The molecular formula is C21H20ClN3O2S. The summed E-state index contributed by atoms with van der Waals surface area (Å²) in [7, 11) is 0. The fourth-order valence-corrected chi connectivity index (χ4v) is 4.32. The van der Waals surface area contributed by atoms with Crippen LogP contribution in [0.3, 0.4) is 0 Å². The summed E-state index contributed by atoms with van der Waals surface area (Å²) in [6.07, 6.45) is 3.17. The van der Waals surface area contributed by atoms with E-state index in [1.54, 1.807) is 12.1 Å². The Hall–Kier alpha value is -2.44. The van der Waals surface area contributed by atoms with Gasteiger partial charge in [-0.25, -0.2) is 0 Å². The number of ketones is 1. The maximum absolute atomic E-state index is 12.2. The van der Waals surface area contributed by atoms with E-state index in [0.717, 1.165) is 42.8 Å². The maximum atomic E-state index is 12.2. The molecule has 3 heterocycles. The van der Waals surface area contributed by atoms with E-state index >= 15 is 0 Å². The molecule has 0 saturated carbocycles. The lowest BCUT2D eigenvalue weighted by Crippen LogP contribution is -2.27. The van der Waals surface area contributed by atoms with Gasteiger partial charge < -0.3 is 9.42 Å². The summed E-state index contributed by atoms with van der Waals surface area (Å²) in [4.78, 5) is 15.0. The Balaban J connectivity index is 1.38. The van der Waals surface area contributed by atoms with Crippen molar-refractivity contribution in [3.8, 4) is 11.3 Å². The first-order valence-corrected chi connectivity index (χ1v) is 10.5. The Bertz CT molecular complexity index is 987. The van der Waals surface area contributed by atoms with Crippen molar-refractivity contribution in [3.05, 3.63) is 63.0 Å². The monoisotopic (exact) mass is 413 g/mol. The summed E-state index contributed by atoms with van der Waals surface area (Å²) in [6, 6.07) is 13.2. The molecule has 0 aliphatic carbocycles. The van der Waals surface area contributed by atoms with Crippen LogP contribution >= 0.6 is 22.9 Å². The molecule has 1 aromatic carbocycles. The zero-order valence-electron chi connectivity index (χ0n) is 15.3. The number of benzene rings is 1. The van der Waals surface area contributed by atoms with E-state index in [4.69, 9.17) is 21.5 Å². The number of rotatable bonds is 6. The normalized spacial score (nSPS) is 13.8. The summed E-state index contributed by atoms with van der Waals surface area (Å²) >= 11 is 7.18. The molecule has 4 rings (SSSR count). The minimum atomic E-state index is 0.0552. The molecule has 0 radical (unpaired) electrons. The van der Waals surface area contributed by atoms with Crippen LogP contribution in [0.5, 0.6) is 0 Å². The van der Waals surface area contributed by atoms with E-state index in [0.29, 0.717) is 33.7 Å². The molecule has 0 unspecified atom stereocenters. The Labute approximate surface area is 172 Å². The standard InChI is InChI=1S/C21H20ClN3O2S/c22-20-10-9-19(28-20)18(26)8-7-16-13-17(24-27-16)14-3-5-15(6-4-14)21(23)25-11-1-2-12-25/h3-6,9-10,13,23H,1-2,7-8,11-12H2. The van der Waals surface area contributed by atoms with Crippen LogP contribution in [0.4, 0.5) is 0 Å². The SMILES string of the molecule is N=C(c1ccc(-c2cc(CCC(=O)c3ccc(Cl)s3)on2)cc1)N1CCCC1. The molecule has 1 aliphatic rings. The number of likely N-dealkylation sites (tertiary alicyclic amines) is 1. The number of amidine groups is 1. The summed E-state index contributed by atoms with van der Waals surface area (Å²) in [6.45, 7) is 1.92. The number of aromatic nitrogens is 1. The molecule has 28 heavy (non-hydrogen) atoms. The lowest BCUT2D eigenvalue weighted by Gasteiger charge is -2.18. The van der Waals surface area contributed by atoms with E-state index in [1.807, 2.05) is 30.3 Å². The number of carbonyl (C=O) groups excluding carboxylic acids is 1. The minimum absolute atomic E-state index is 0.0552. The first-order chi connectivity index (χ1) is 13.6. The molecule has 3 aromatic rings. The summed E-state index contributed by atoms with van der Waals surface area (Å²) in [5.74, 6) is 1.32. The zero-order chi connectivity index (χ0) is 19.5. The van der Waals surface area contributed by atoms with Gasteiger partial charge in [0.05, 0.1) is 9.21 Å². The number of Topliss-reactive ketones (excluding diaryl/α,β-unsaturated/α-hetero) is 1. The van der Waals surface area contributed by atoms with Crippen LogP contribution in [-0.2, 0) is 6.42 Å². The maximum Gasteiger partial charge on any atom is 0.173 e. The lowest BCUT2D eigenvalue weighted by atomic mass is 10.1. The van der Waals surface area contributed by atoms with Gasteiger partial charge in [-0.1, -0.05) is 41.0 Å². The molecular weight excluding hydrogens is 394 g/mol. The second-order valence-electron chi connectivity index (χ2n) is 6.83. The number of hydrogen-bond acceptors (Lipinski definition) is 5. The van der Waals surface area contributed by atoms with E-state index in [2.05, 4.69) is 10.1 Å². The molecule has 0 amide bonds. The van der Waals surface area contributed by atoms with Crippen molar-refractivity contribution in [2.24, 2.45) is 0 Å². The van der Waals surface area contributed by atoms with Crippen LogP contribution in [0.15, 0.2) is 47.0 Å². The molecule has 0 atom stereocenters. The number of nitrogens with zero attached hydrogens (tertiary/aromatic N) is 2. The molecule has 7 heteroatoms. The Morgan fingerprint density at radius 1 is 1.18 bits per heavy atom. The Kier molecular flexibility index (Phi) is 5.59. The number of halogens is 1. The zero-order valence-corrected chi connectivity index (χ0v) is 16.9. The number of hydrogen-bond donors (Lipinski definition) is 1. The van der Waals surface area contributed by atoms with Crippen molar-refractivity contribution in [1.29, 1.82) is 5.41 Å². The van der Waals surface area contributed by atoms with Crippen molar-refractivity contribution < 1.29 is 9.32 Å². The molecule has 1 N–H and O–H groups in total. The van der Waals surface area contributed by atoms with Crippen LogP contribution in [0.2, 0.25) is 4.34 Å². The van der Waals surface area contributed by atoms with Crippen molar-refractivity contribution >= 4 is 34.6 Å². The lowest BCUT2D eigenvalue weighted by molar-refractivity contribution is 0.0984. The van der Waals surface area contributed by atoms with E-state index < -0.39 is 0 Å². The van der Waals surface area contributed by atoms with Gasteiger partial charge in [-0.05, 0) is 25.0 Å². The topological polar surface area (TPSA) is 70.2 Å². The summed E-state index contributed by atoms with van der Waals surface area (Å²) < 4.78 is 6.01. The highest BCUT2D eigenvalue weighted by Gasteiger charge is 2.17. The van der Waals surface area contributed by atoms with Crippen LogP contribution in [-0.4, -0.2) is 34.8 Å². The van der Waals surface area contributed by atoms with Crippen LogP contribution in [0.1, 0.15) is 40.3 Å². The highest BCUT2D eigenvalue weighted by molar-refractivity contribution is 7.18. The Morgan fingerprint density at radius 3 is 2.61 bits per heavy atom. The molecule has 1 fully saturated rings. The molecule has 144 valence electrons. The fourth-order valence-electron chi connectivity index (χ4n) is 3.31. The predicted molar refractivity (Wildman–Crippen MR) is 112 cm³/mol. The second kappa shape index (κ2) is 8.29. The molecule has 2 aromatic heterocycles. The van der Waals surface area contributed by atoms with Crippen molar-refractivity contribution in [2.45, 2.75) is 25.7 Å². The average molecular weight is 414 g/mol. The van der Waals surface area contributed by atoms with Gasteiger partial charge in [0.1, 0.15) is 17.3 Å². The first kappa shape index (κ1) is 18.9. The quantitative estimate of drug-likeness (QED) is 0.338. The van der Waals surface area contributed by atoms with Crippen molar-refractivity contribution in [1.82, 2.24) is 10.1 Å². The summed E-state index contributed by atoms with van der Waals surface area (Å²) in [5, 5.41) is 12.5. The minimum Gasteiger partial charge on any atom is -0.361 e. The van der Waals surface area contributed by atoms with Crippen molar-refractivity contribution in [2.75, 3.05) is 13.1 Å². The number of carbonyl (C=O) groups is 1. The predicted octanol–water partition coefficient (Wildman–Crippen LogP) is 5.29. The summed E-state index contributed by atoms with van der Waals surface area (Å²) in [5.41, 5.74) is 2.58. The van der Waals surface area contributed by atoms with Crippen LogP contribution in [0, 0.1) is 5.41 Å². The van der Waals surface area contributed by atoms with E-state index in [9.17, 15) is 4.79 Å². The highest BCUT2D eigenvalue weighted by atomic mass is 35.5. The van der Waals surface area contributed by atoms with E-state index in [-0.39, 0.29) is 5.78 Å². The fraction of sp³-hybridized carbons (Fsp3) is 0.286. The third-order valence-electron chi connectivity index (χ3n) is 4.88. The van der Waals surface area contributed by atoms with Gasteiger partial charge in [-0.2, -0.15) is 0 Å². The van der Waals surface area contributed by atoms with Gasteiger partial charge in [0, 0.05) is 43.1 Å². The first-order valence-electron chi connectivity index (χ1n) is 9.28. The number of aryl methyl sites for hydroxylation is 1. The third-order valence-corrected chi connectivity index (χ3v) is 6.15. The molecule has 1 saturated heterocycles. The number of thiophene rings is 1. The van der Waals surface area contributed by atoms with Crippen molar-refractivity contribution in [3.63, 3.8) is 0 Å². The molecule has 0 spiro atoms. The largest absolute Gasteiger partial charge is 0.361 e. The molecule has 0 bridgehead atoms. The average Bonchev–Trinajstić information content (AvgIpc) is 3.47. The second-order valence-corrected chi connectivity index (χ2v) is 8.54. The van der Waals surface area contributed by atoms with Gasteiger partial charge in [-0.3, -0.25) is 10.2 Å². The molecule has 5 nitrogen and oxygen atoms in total. The van der Waals surface area contributed by atoms with Gasteiger partial charge >= 0.3 is 0 Å². The highest BCUT2D eigenvalue weighted by Crippen LogP contribution is 2.24. The molecule has 1 aliphatic heterocycles. The van der Waals surface area contributed by atoms with Gasteiger partial charge in [0.2, 0.25) is 0 Å². The van der Waals surface area contributed by atoms with E-state index in [1.165, 1.54) is 11.3 Å². The smallest absolute Gasteiger partial charge is 0.173 e.